The van der Waals surface area contributed by atoms with Crippen LogP contribution in [0.5, 0.6) is 11.5 Å². The topological polar surface area (TPSA) is 70.5 Å². The van der Waals surface area contributed by atoms with Gasteiger partial charge in [-0.3, -0.25) is 0 Å². The summed E-state index contributed by atoms with van der Waals surface area (Å²) >= 11 is 3.48. The Balaban J connectivity index is 2.79. The number of ether oxygens (including phenoxy) is 2. The fourth-order valence-corrected chi connectivity index (χ4v) is 2.22. The van der Waals surface area contributed by atoms with E-state index in [1.54, 1.807) is 20.4 Å². The van der Waals surface area contributed by atoms with Crippen LogP contribution < -0.4 is 15.2 Å². The van der Waals surface area contributed by atoms with Crippen molar-refractivity contribution in [3.63, 3.8) is 0 Å². The molecule has 0 atom stereocenters. The van der Waals surface area contributed by atoms with Crippen molar-refractivity contribution in [1.29, 1.82) is 0 Å². The van der Waals surface area contributed by atoms with Gasteiger partial charge in [-0.05, 0) is 18.6 Å². The predicted octanol–water partition coefficient (Wildman–Crippen LogP) is 3.01. The Morgan fingerprint density at radius 3 is 2.56 bits per heavy atom. The fraction of sp³-hybridized carbons (Fsp3) is 0.250. The second-order valence-corrected chi connectivity index (χ2v) is 4.55. The second kappa shape index (κ2) is 4.89. The van der Waals surface area contributed by atoms with E-state index in [1.165, 1.54) is 0 Å². The number of anilines is 1. The number of aromatic nitrogens is 1. The molecule has 0 bridgehead atoms. The zero-order chi connectivity index (χ0) is 13.3. The van der Waals surface area contributed by atoms with Crippen LogP contribution in [-0.2, 0) is 0 Å². The van der Waals surface area contributed by atoms with Crippen LogP contribution in [0, 0.1) is 6.92 Å². The number of rotatable bonds is 3. The van der Waals surface area contributed by atoms with Crippen LogP contribution in [0.2, 0.25) is 0 Å². The van der Waals surface area contributed by atoms with Gasteiger partial charge in [-0.25, -0.2) is 0 Å². The third kappa shape index (κ3) is 1.92. The smallest absolute Gasteiger partial charge is 0.230 e. The molecule has 0 aliphatic carbocycles. The van der Waals surface area contributed by atoms with Gasteiger partial charge in [0.2, 0.25) is 5.88 Å². The standard InChI is InChI=1S/C12H13BrN2O3/c1-6-8(13)4-9(16-2)11(17-3)10(6)7-5-15-18-12(7)14/h4-5H,14H2,1-3H3. The van der Waals surface area contributed by atoms with Crippen LogP contribution >= 0.6 is 15.9 Å². The molecule has 6 heteroatoms. The van der Waals surface area contributed by atoms with E-state index in [0.29, 0.717) is 17.1 Å². The molecular weight excluding hydrogens is 300 g/mol. The van der Waals surface area contributed by atoms with E-state index >= 15 is 0 Å². The molecule has 0 amide bonds. The van der Waals surface area contributed by atoms with Gasteiger partial charge in [0, 0.05) is 10.0 Å². The maximum absolute atomic E-state index is 5.77. The van der Waals surface area contributed by atoms with E-state index in [2.05, 4.69) is 21.1 Å². The Morgan fingerprint density at radius 2 is 2.06 bits per heavy atom. The molecule has 0 radical (unpaired) electrons. The SMILES string of the molecule is COc1cc(Br)c(C)c(-c2cnoc2N)c1OC. The van der Waals surface area contributed by atoms with Crippen LogP contribution in [0.25, 0.3) is 11.1 Å². The van der Waals surface area contributed by atoms with E-state index in [-0.39, 0.29) is 5.88 Å². The van der Waals surface area contributed by atoms with Crippen molar-refractivity contribution < 1.29 is 14.0 Å². The molecular formula is C12H13BrN2O3. The maximum Gasteiger partial charge on any atom is 0.230 e. The van der Waals surface area contributed by atoms with Gasteiger partial charge in [-0.15, -0.1) is 0 Å². The summed E-state index contributed by atoms with van der Waals surface area (Å²) in [5.41, 5.74) is 8.23. The van der Waals surface area contributed by atoms with Crippen LogP contribution in [0.4, 0.5) is 5.88 Å². The largest absolute Gasteiger partial charge is 0.493 e. The molecule has 2 aromatic rings. The Hall–Kier alpha value is -1.69. The van der Waals surface area contributed by atoms with Crippen molar-refractivity contribution in [3.8, 4) is 22.6 Å². The first-order valence-electron chi connectivity index (χ1n) is 5.21. The molecule has 0 aliphatic rings. The zero-order valence-electron chi connectivity index (χ0n) is 10.3. The van der Waals surface area contributed by atoms with Crippen molar-refractivity contribution in [1.82, 2.24) is 5.16 Å². The molecule has 96 valence electrons. The zero-order valence-corrected chi connectivity index (χ0v) is 11.9. The highest BCUT2D eigenvalue weighted by Gasteiger charge is 2.21. The first-order valence-corrected chi connectivity index (χ1v) is 6.01. The molecule has 0 unspecified atom stereocenters. The van der Waals surface area contributed by atoms with Gasteiger partial charge >= 0.3 is 0 Å². The monoisotopic (exact) mass is 312 g/mol. The second-order valence-electron chi connectivity index (χ2n) is 3.70. The summed E-state index contributed by atoms with van der Waals surface area (Å²) in [7, 11) is 3.17. The lowest BCUT2D eigenvalue weighted by Gasteiger charge is -2.15. The lowest BCUT2D eigenvalue weighted by Crippen LogP contribution is -1.97. The first kappa shape index (κ1) is 12.8. The molecule has 2 rings (SSSR count). The van der Waals surface area contributed by atoms with E-state index < -0.39 is 0 Å². The minimum atomic E-state index is 0.247. The van der Waals surface area contributed by atoms with Crippen molar-refractivity contribution in [3.05, 3.63) is 22.3 Å². The fourth-order valence-electron chi connectivity index (χ4n) is 1.82. The summed E-state index contributed by atoms with van der Waals surface area (Å²) in [6, 6.07) is 1.85. The Labute approximate surface area is 113 Å². The molecule has 1 aromatic carbocycles. The predicted molar refractivity (Wildman–Crippen MR) is 71.9 cm³/mol. The third-order valence-electron chi connectivity index (χ3n) is 2.73. The van der Waals surface area contributed by atoms with Crippen molar-refractivity contribution >= 4 is 21.8 Å². The van der Waals surface area contributed by atoms with Gasteiger partial charge in [-0.1, -0.05) is 21.1 Å². The van der Waals surface area contributed by atoms with Gasteiger partial charge in [0.1, 0.15) is 0 Å². The highest BCUT2D eigenvalue weighted by Crippen LogP contribution is 2.45. The molecule has 0 saturated carbocycles. The van der Waals surface area contributed by atoms with E-state index in [0.717, 1.165) is 15.6 Å². The van der Waals surface area contributed by atoms with E-state index in [9.17, 15) is 0 Å². The van der Waals surface area contributed by atoms with Crippen LogP contribution in [0.1, 0.15) is 5.56 Å². The lowest BCUT2D eigenvalue weighted by atomic mass is 10.0. The highest BCUT2D eigenvalue weighted by atomic mass is 79.9. The van der Waals surface area contributed by atoms with Gasteiger partial charge in [0.15, 0.2) is 11.5 Å². The summed E-state index contributed by atoms with van der Waals surface area (Å²) in [6.07, 6.45) is 1.56. The summed E-state index contributed by atoms with van der Waals surface area (Å²) < 4.78 is 16.5. The maximum atomic E-state index is 5.77. The number of halogens is 1. The molecule has 2 N–H and O–H groups in total. The van der Waals surface area contributed by atoms with Crippen molar-refractivity contribution in [2.45, 2.75) is 6.92 Å². The number of benzene rings is 1. The Morgan fingerprint density at radius 1 is 1.33 bits per heavy atom. The first-order chi connectivity index (χ1) is 8.60. The van der Waals surface area contributed by atoms with Gasteiger partial charge in [-0.2, -0.15) is 0 Å². The summed E-state index contributed by atoms with van der Waals surface area (Å²) in [5.74, 6) is 1.47. The number of nitrogen functional groups attached to an aromatic ring is 1. The van der Waals surface area contributed by atoms with E-state index in [1.807, 2.05) is 13.0 Å². The van der Waals surface area contributed by atoms with Gasteiger partial charge < -0.3 is 19.7 Å². The average Bonchev–Trinajstić information content (AvgIpc) is 2.78. The number of hydrogen-bond donors (Lipinski definition) is 1. The molecule has 0 aliphatic heterocycles. The molecule has 5 nitrogen and oxygen atoms in total. The van der Waals surface area contributed by atoms with Gasteiger partial charge in [0.05, 0.1) is 26.0 Å². The minimum Gasteiger partial charge on any atom is -0.493 e. The van der Waals surface area contributed by atoms with Crippen LogP contribution in [0.15, 0.2) is 21.3 Å². The quantitative estimate of drug-likeness (QED) is 0.943. The molecule has 0 fully saturated rings. The van der Waals surface area contributed by atoms with Gasteiger partial charge in [0.25, 0.3) is 0 Å². The summed E-state index contributed by atoms with van der Waals surface area (Å²) in [5, 5.41) is 3.69. The number of hydrogen-bond acceptors (Lipinski definition) is 5. The van der Waals surface area contributed by atoms with E-state index in [4.69, 9.17) is 19.7 Å². The normalized spacial score (nSPS) is 10.4. The van der Waals surface area contributed by atoms with Crippen molar-refractivity contribution in [2.75, 3.05) is 20.0 Å². The molecule has 0 saturated heterocycles. The number of methoxy groups -OCH3 is 2. The lowest BCUT2D eigenvalue weighted by molar-refractivity contribution is 0.355. The molecule has 1 aromatic heterocycles. The highest BCUT2D eigenvalue weighted by molar-refractivity contribution is 9.10. The molecule has 18 heavy (non-hydrogen) atoms. The molecule has 0 spiro atoms. The minimum absolute atomic E-state index is 0.247. The number of nitrogens with zero attached hydrogens (tertiary/aromatic N) is 1. The number of nitrogens with two attached hydrogens (primary N) is 1. The summed E-state index contributed by atoms with van der Waals surface area (Å²) in [4.78, 5) is 0. The van der Waals surface area contributed by atoms with Crippen LogP contribution in [-0.4, -0.2) is 19.4 Å². The summed E-state index contributed by atoms with van der Waals surface area (Å²) in [6.45, 7) is 1.95. The van der Waals surface area contributed by atoms with Crippen LogP contribution in [0.3, 0.4) is 0 Å². The Bertz CT molecular complexity index is 581. The third-order valence-corrected chi connectivity index (χ3v) is 3.56. The van der Waals surface area contributed by atoms with Crippen molar-refractivity contribution in [2.24, 2.45) is 0 Å². The Kier molecular flexibility index (Phi) is 3.47. The average molecular weight is 313 g/mol. The molecule has 1 heterocycles.